The monoisotopic (exact) mass is 549 g/mol. The van der Waals surface area contributed by atoms with Gasteiger partial charge in [-0.1, -0.05) is 54.6 Å². The molecule has 0 saturated carbocycles. The zero-order valence-electron chi connectivity index (χ0n) is 21.5. The molecule has 9 nitrogen and oxygen atoms in total. The largest absolute Gasteiger partial charge is 0.477 e. The van der Waals surface area contributed by atoms with Crippen molar-refractivity contribution in [2.24, 2.45) is 0 Å². The van der Waals surface area contributed by atoms with Gasteiger partial charge in [0.2, 0.25) is 15.9 Å². The summed E-state index contributed by atoms with van der Waals surface area (Å²) in [7, 11) is -3.57. The first-order valence-electron chi connectivity index (χ1n) is 13.0. The predicted molar refractivity (Wildman–Crippen MR) is 146 cm³/mol. The molecule has 5 rings (SSSR count). The molecule has 0 aromatic heterocycles. The molecule has 1 unspecified atom stereocenters. The summed E-state index contributed by atoms with van der Waals surface area (Å²) in [5, 5.41) is 2.90. The van der Waals surface area contributed by atoms with E-state index in [4.69, 9.17) is 9.47 Å². The molecule has 2 amide bonds. The van der Waals surface area contributed by atoms with Crippen LogP contribution in [0, 0.1) is 0 Å². The second-order valence-electron chi connectivity index (χ2n) is 9.44. The van der Waals surface area contributed by atoms with Crippen LogP contribution in [-0.2, 0) is 37.3 Å². The number of benzene rings is 3. The van der Waals surface area contributed by atoms with E-state index in [1.165, 1.54) is 4.31 Å². The number of carbonyl (C=O) groups excluding carboxylic acids is 2. The lowest BCUT2D eigenvalue weighted by Gasteiger charge is -2.34. The quantitative estimate of drug-likeness (QED) is 0.463. The Morgan fingerprint density at radius 2 is 1.56 bits per heavy atom. The Hall–Kier alpha value is -3.73. The number of amides is 2. The molecule has 10 heteroatoms. The van der Waals surface area contributed by atoms with Gasteiger partial charge >= 0.3 is 0 Å². The van der Waals surface area contributed by atoms with Crippen molar-refractivity contribution >= 4 is 27.5 Å². The van der Waals surface area contributed by atoms with Gasteiger partial charge in [0.15, 0.2) is 6.10 Å². The van der Waals surface area contributed by atoms with Gasteiger partial charge in [-0.05, 0) is 41.8 Å². The van der Waals surface area contributed by atoms with Gasteiger partial charge in [-0.25, -0.2) is 8.42 Å². The summed E-state index contributed by atoms with van der Waals surface area (Å²) in [6, 6.07) is 23.4. The van der Waals surface area contributed by atoms with Crippen molar-refractivity contribution in [3.05, 3.63) is 90.0 Å². The lowest BCUT2D eigenvalue weighted by atomic mass is 10.1. The van der Waals surface area contributed by atoms with Crippen LogP contribution in [0.5, 0.6) is 5.75 Å². The van der Waals surface area contributed by atoms with E-state index < -0.39 is 16.1 Å². The van der Waals surface area contributed by atoms with E-state index in [2.05, 4.69) is 5.32 Å². The number of nitrogens with zero attached hydrogens (tertiary/aromatic N) is 2. The summed E-state index contributed by atoms with van der Waals surface area (Å²) < 4.78 is 38.4. The number of carbonyl (C=O) groups is 2. The minimum Gasteiger partial charge on any atom is -0.477 e. The van der Waals surface area contributed by atoms with Crippen molar-refractivity contribution in [2.75, 3.05) is 37.7 Å². The van der Waals surface area contributed by atoms with Crippen LogP contribution in [0.4, 0.5) is 5.69 Å². The highest BCUT2D eigenvalue weighted by Gasteiger charge is 2.33. The van der Waals surface area contributed by atoms with E-state index in [9.17, 15) is 18.0 Å². The van der Waals surface area contributed by atoms with E-state index in [0.29, 0.717) is 50.7 Å². The summed E-state index contributed by atoms with van der Waals surface area (Å²) in [5.41, 5.74) is 2.45. The van der Waals surface area contributed by atoms with Gasteiger partial charge in [-0.3, -0.25) is 9.59 Å². The summed E-state index contributed by atoms with van der Waals surface area (Å²) >= 11 is 0. The van der Waals surface area contributed by atoms with Gasteiger partial charge in [0.05, 0.1) is 30.3 Å². The van der Waals surface area contributed by atoms with Crippen molar-refractivity contribution in [3.8, 4) is 5.75 Å². The zero-order valence-corrected chi connectivity index (χ0v) is 22.3. The molecular weight excluding hydrogens is 518 g/mol. The molecule has 2 aliphatic rings. The molecule has 1 N–H and O–H groups in total. The van der Waals surface area contributed by atoms with Crippen molar-refractivity contribution in [1.82, 2.24) is 9.62 Å². The van der Waals surface area contributed by atoms with Gasteiger partial charge in [0, 0.05) is 26.1 Å². The first-order valence-corrected chi connectivity index (χ1v) is 14.4. The molecule has 39 heavy (non-hydrogen) atoms. The predicted octanol–water partition coefficient (Wildman–Crippen LogP) is 2.75. The maximum atomic E-state index is 13.3. The van der Waals surface area contributed by atoms with Crippen molar-refractivity contribution in [2.45, 2.75) is 30.4 Å². The normalized spacial score (nSPS) is 17.6. The number of ether oxygens (including phenoxy) is 2. The Morgan fingerprint density at radius 1 is 0.872 bits per heavy atom. The maximum absolute atomic E-state index is 13.3. The molecule has 1 atom stereocenters. The summed E-state index contributed by atoms with van der Waals surface area (Å²) in [4.78, 5) is 28.1. The lowest BCUT2D eigenvalue weighted by Crippen LogP contribution is -2.50. The van der Waals surface area contributed by atoms with Gasteiger partial charge in [-0.15, -0.1) is 0 Å². The standard InChI is InChI=1S/C29H31N3O6S/c33-28(15-12-22-10-13-24(14-11-22)39(35,36)31-16-18-37-19-17-31)32-21-27(38-26-9-5-4-8-25(26)32)29(34)30-20-23-6-2-1-3-7-23/h1-11,13-14,27H,12,15-21H2,(H,30,34). The van der Waals surface area contributed by atoms with E-state index >= 15 is 0 Å². The number of sulfonamides is 1. The molecule has 2 heterocycles. The SMILES string of the molecule is O=C(NCc1ccccc1)C1CN(C(=O)CCc2ccc(S(=O)(=O)N3CCOCC3)cc2)c2ccccc2O1. The summed E-state index contributed by atoms with van der Waals surface area (Å²) in [5.74, 6) is 0.0504. The van der Waals surface area contributed by atoms with Crippen LogP contribution in [-0.4, -0.2) is 63.5 Å². The van der Waals surface area contributed by atoms with Crippen LogP contribution < -0.4 is 15.0 Å². The van der Waals surface area contributed by atoms with Gasteiger partial charge in [0.25, 0.3) is 5.91 Å². The number of aryl methyl sites for hydroxylation is 1. The average Bonchev–Trinajstić information content (AvgIpc) is 2.99. The third-order valence-electron chi connectivity index (χ3n) is 6.84. The zero-order chi connectivity index (χ0) is 27.2. The van der Waals surface area contributed by atoms with Gasteiger partial charge in [0.1, 0.15) is 5.75 Å². The molecule has 3 aromatic rings. The third-order valence-corrected chi connectivity index (χ3v) is 8.75. The van der Waals surface area contributed by atoms with Crippen molar-refractivity contribution in [1.29, 1.82) is 0 Å². The lowest BCUT2D eigenvalue weighted by molar-refractivity contribution is -0.128. The molecular formula is C29H31N3O6S. The van der Waals surface area contributed by atoms with Crippen LogP contribution in [0.1, 0.15) is 17.5 Å². The first kappa shape index (κ1) is 26.9. The average molecular weight is 550 g/mol. The number of nitrogens with one attached hydrogen (secondary N) is 1. The van der Waals surface area contributed by atoms with Crippen molar-refractivity contribution in [3.63, 3.8) is 0 Å². The molecule has 1 saturated heterocycles. The fourth-order valence-corrected chi connectivity index (χ4v) is 6.06. The third kappa shape index (κ3) is 6.30. The molecule has 0 bridgehead atoms. The van der Waals surface area contributed by atoms with Crippen LogP contribution in [0.25, 0.3) is 0 Å². The fraction of sp³-hybridized carbons (Fsp3) is 0.310. The van der Waals surface area contributed by atoms with E-state index in [0.717, 1.165) is 11.1 Å². The second-order valence-corrected chi connectivity index (χ2v) is 11.4. The van der Waals surface area contributed by atoms with E-state index in [1.54, 1.807) is 47.4 Å². The molecule has 2 aliphatic heterocycles. The van der Waals surface area contributed by atoms with Crippen LogP contribution in [0.15, 0.2) is 83.8 Å². The van der Waals surface area contributed by atoms with Gasteiger partial charge in [-0.2, -0.15) is 4.31 Å². The maximum Gasteiger partial charge on any atom is 0.263 e. The Balaban J connectivity index is 1.22. The number of anilines is 1. The Bertz CT molecular complexity index is 1410. The van der Waals surface area contributed by atoms with Crippen LogP contribution >= 0.6 is 0 Å². The Kier molecular flexibility index (Phi) is 8.25. The Morgan fingerprint density at radius 3 is 2.31 bits per heavy atom. The Labute approximate surface area is 228 Å². The number of para-hydroxylation sites is 2. The number of rotatable bonds is 8. The summed E-state index contributed by atoms with van der Waals surface area (Å²) in [6.07, 6.45) is -0.208. The second kappa shape index (κ2) is 12.0. The molecule has 0 aliphatic carbocycles. The molecule has 204 valence electrons. The smallest absolute Gasteiger partial charge is 0.263 e. The fourth-order valence-electron chi connectivity index (χ4n) is 4.66. The highest BCUT2D eigenvalue weighted by molar-refractivity contribution is 7.89. The van der Waals surface area contributed by atoms with Crippen LogP contribution in [0.3, 0.4) is 0 Å². The highest BCUT2D eigenvalue weighted by atomic mass is 32.2. The first-order chi connectivity index (χ1) is 18.9. The molecule has 3 aromatic carbocycles. The molecule has 0 spiro atoms. The van der Waals surface area contributed by atoms with Crippen molar-refractivity contribution < 1.29 is 27.5 Å². The molecule has 0 radical (unpaired) electrons. The number of hydrogen-bond acceptors (Lipinski definition) is 6. The van der Waals surface area contributed by atoms with E-state index in [-0.39, 0.29) is 29.7 Å². The van der Waals surface area contributed by atoms with Crippen LogP contribution in [0.2, 0.25) is 0 Å². The minimum absolute atomic E-state index is 0.104. The van der Waals surface area contributed by atoms with E-state index in [1.807, 2.05) is 36.4 Å². The highest BCUT2D eigenvalue weighted by Crippen LogP contribution is 2.33. The number of fused-ring (bicyclic) bond motifs is 1. The number of hydrogen-bond donors (Lipinski definition) is 1. The molecule has 1 fully saturated rings. The summed E-state index contributed by atoms with van der Waals surface area (Å²) in [6.45, 7) is 1.93. The topological polar surface area (TPSA) is 105 Å². The van der Waals surface area contributed by atoms with Gasteiger partial charge < -0.3 is 19.7 Å². The number of morpholine rings is 1. The minimum atomic E-state index is -3.57.